The molecule has 1 aliphatic heterocycles. The van der Waals surface area contributed by atoms with Crippen LogP contribution in [0.4, 0.5) is 0 Å². The minimum absolute atomic E-state index is 0.233. The van der Waals surface area contributed by atoms with Gasteiger partial charge in [-0.15, -0.1) is 0 Å². The molecular formula is C8H15BrN2O. The Morgan fingerprint density at radius 2 is 2.33 bits per heavy atom. The summed E-state index contributed by atoms with van der Waals surface area (Å²) >= 11 is 3.43. The number of rotatable bonds is 3. The van der Waals surface area contributed by atoms with Gasteiger partial charge < -0.3 is 4.90 Å². The van der Waals surface area contributed by atoms with Gasteiger partial charge in [-0.25, -0.2) is 0 Å². The van der Waals surface area contributed by atoms with Crippen molar-refractivity contribution in [2.75, 3.05) is 32.1 Å². The summed E-state index contributed by atoms with van der Waals surface area (Å²) < 4.78 is 0. The molecule has 1 saturated heterocycles. The number of alkyl halides is 1. The molecule has 1 atom stereocenters. The average molecular weight is 235 g/mol. The van der Waals surface area contributed by atoms with Gasteiger partial charge in [0.15, 0.2) is 0 Å². The highest BCUT2D eigenvalue weighted by Gasteiger charge is 2.24. The van der Waals surface area contributed by atoms with E-state index in [0.717, 1.165) is 18.5 Å². The fourth-order valence-corrected chi connectivity index (χ4v) is 1.56. The van der Waals surface area contributed by atoms with Crippen LogP contribution in [0.5, 0.6) is 0 Å². The average Bonchev–Trinajstić information content (AvgIpc) is 2.31. The Hall–Kier alpha value is -0.0900. The molecule has 0 N–H and O–H groups in total. The maximum atomic E-state index is 11.1. The number of amides is 1. The summed E-state index contributed by atoms with van der Waals surface area (Å²) in [5.74, 6) is 0.848. The molecule has 0 aromatic carbocycles. The van der Waals surface area contributed by atoms with Gasteiger partial charge in [-0.1, -0.05) is 22.9 Å². The zero-order valence-electron chi connectivity index (χ0n) is 7.59. The highest BCUT2D eigenvalue weighted by atomic mass is 79.9. The van der Waals surface area contributed by atoms with E-state index in [1.54, 1.807) is 4.90 Å². The molecule has 1 aliphatic rings. The number of carbonyl (C=O) groups is 1. The Morgan fingerprint density at radius 3 is 2.75 bits per heavy atom. The number of nitrogens with zero attached hydrogens (tertiary/aromatic N) is 2. The smallest absolute Gasteiger partial charge is 0.237 e. The predicted octanol–water partition coefficient (Wildman–Crippen LogP) is 0.749. The number of likely N-dealkylation sites (N-methyl/N-ethyl adjacent to an activating group) is 1. The van der Waals surface area contributed by atoms with Crippen molar-refractivity contribution in [3.05, 3.63) is 0 Å². The van der Waals surface area contributed by atoms with Gasteiger partial charge >= 0.3 is 0 Å². The van der Waals surface area contributed by atoms with E-state index in [2.05, 4.69) is 27.8 Å². The first-order valence-corrected chi connectivity index (χ1v) is 5.28. The molecular weight excluding hydrogens is 220 g/mol. The van der Waals surface area contributed by atoms with Crippen LogP contribution in [-0.2, 0) is 4.79 Å². The summed E-state index contributed by atoms with van der Waals surface area (Å²) in [7, 11) is 1.85. The lowest BCUT2D eigenvalue weighted by Gasteiger charge is -2.17. The van der Waals surface area contributed by atoms with Crippen LogP contribution in [0, 0.1) is 5.92 Å². The van der Waals surface area contributed by atoms with E-state index in [0.29, 0.717) is 12.5 Å². The molecule has 0 radical (unpaired) electrons. The highest BCUT2D eigenvalue weighted by Crippen LogP contribution is 2.08. The lowest BCUT2D eigenvalue weighted by atomic mass is 10.2. The first-order valence-electron chi connectivity index (χ1n) is 4.15. The van der Waals surface area contributed by atoms with Crippen molar-refractivity contribution in [2.24, 2.45) is 5.92 Å². The first kappa shape index (κ1) is 9.99. The maximum Gasteiger partial charge on any atom is 0.237 e. The Labute approximate surface area is 81.8 Å². The zero-order chi connectivity index (χ0) is 9.14. The number of halogens is 1. The molecule has 0 saturated carbocycles. The predicted molar refractivity (Wildman–Crippen MR) is 52.2 cm³/mol. The van der Waals surface area contributed by atoms with Crippen molar-refractivity contribution in [1.82, 2.24) is 9.80 Å². The van der Waals surface area contributed by atoms with Crippen LogP contribution >= 0.6 is 15.9 Å². The van der Waals surface area contributed by atoms with Gasteiger partial charge in [0.05, 0.1) is 13.2 Å². The van der Waals surface area contributed by atoms with Crippen molar-refractivity contribution >= 4 is 21.8 Å². The standard InChI is InChI=1S/C8H15BrN2O/c1-7(3-9)4-11-5-8(12)10(2)6-11/h7H,3-6H2,1-2H3. The zero-order valence-corrected chi connectivity index (χ0v) is 9.17. The van der Waals surface area contributed by atoms with Crippen LogP contribution in [0.2, 0.25) is 0 Å². The van der Waals surface area contributed by atoms with E-state index in [1.165, 1.54) is 0 Å². The highest BCUT2D eigenvalue weighted by molar-refractivity contribution is 9.09. The quantitative estimate of drug-likeness (QED) is 0.674. The van der Waals surface area contributed by atoms with Gasteiger partial charge in [-0.2, -0.15) is 0 Å². The van der Waals surface area contributed by atoms with E-state index < -0.39 is 0 Å². The number of carbonyl (C=O) groups excluding carboxylic acids is 1. The summed E-state index contributed by atoms with van der Waals surface area (Å²) in [6, 6.07) is 0. The minimum Gasteiger partial charge on any atom is -0.332 e. The molecule has 1 unspecified atom stereocenters. The van der Waals surface area contributed by atoms with E-state index in [4.69, 9.17) is 0 Å². The first-order chi connectivity index (χ1) is 5.63. The summed E-state index contributed by atoms with van der Waals surface area (Å²) in [5.41, 5.74) is 0. The van der Waals surface area contributed by atoms with Crippen LogP contribution in [0.1, 0.15) is 6.92 Å². The Kier molecular flexibility index (Phi) is 3.53. The molecule has 0 aromatic heterocycles. The largest absolute Gasteiger partial charge is 0.332 e. The second kappa shape index (κ2) is 4.23. The lowest BCUT2D eigenvalue weighted by Crippen LogP contribution is -2.28. The molecule has 1 heterocycles. The topological polar surface area (TPSA) is 23.6 Å². The van der Waals surface area contributed by atoms with E-state index >= 15 is 0 Å². The van der Waals surface area contributed by atoms with Crippen molar-refractivity contribution < 1.29 is 4.79 Å². The second-order valence-electron chi connectivity index (χ2n) is 3.50. The van der Waals surface area contributed by atoms with Gasteiger partial charge in [-0.3, -0.25) is 9.69 Å². The van der Waals surface area contributed by atoms with Crippen LogP contribution in [0.3, 0.4) is 0 Å². The summed E-state index contributed by atoms with van der Waals surface area (Å²) in [4.78, 5) is 15.1. The molecule has 70 valence electrons. The Balaban J connectivity index is 2.32. The third kappa shape index (κ3) is 2.45. The van der Waals surface area contributed by atoms with E-state index in [1.807, 2.05) is 7.05 Å². The third-order valence-corrected chi connectivity index (χ3v) is 3.14. The number of hydrogen-bond donors (Lipinski definition) is 0. The van der Waals surface area contributed by atoms with Crippen molar-refractivity contribution in [3.63, 3.8) is 0 Å². The molecule has 0 aromatic rings. The molecule has 1 rings (SSSR count). The third-order valence-electron chi connectivity index (χ3n) is 2.03. The van der Waals surface area contributed by atoms with Crippen molar-refractivity contribution in [2.45, 2.75) is 6.92 Å². The van der Waals surface area contributed by atoms with E-state index in [9.17, 15) is 4.79 Å². The van der Waals surface area contributed by atoms with E-state index in [-0.39, 0.29) is 5.91 Å². The van der Waals surface area contributed by atoms with Crippen LogP contribution < -0.4 is 0 Å². The van der Waals surface area contributed by atoms with Crippen molar-refractivity contribution in [1.29, 1.82) is 0 Å². The lowest BCUT2D eigenvalue weighted by molar-refractivity contribution is -0.125. The molecule has 0 aliphatic carbocycles. The molecule has 4 heteroatoms. The van der Waals surface area contributed by atoms with Gasteiger partial charge in [0.2, 0.25) is 5.91 Å². The van der Waals surface area contributed by atoms with Gasteiger partial charge in [0, 0.05) is 18.9 Å². The van der Waals surface area contributed by atoms with Crippen LogP contribution in [-0.4, -0.2) is 47.8 Å². The molecule has 0 bridgehead atoms. The fourth-order valence-electron chi connectivity index (χ4n) is 1.35. The molecule has 12 heavy (non-hydrogen) atoms. The summed E-state index contributed by atoms with van der Waals surface area (Å²) in [6.07, 6.45) is 0. The normalized spacial score (nSPS) is 21.9. The van der Waals surface area contributed by atoms with Gasteiger partial charge in [0.1, 0.15) is 0 Å². The Morgan fingerprint density at radius 1 is 1.67 bits per heavy atom. The number of hydrogen-bond acceptors (Lipinski definition) is 2. The summed E-state index contributed by atoms with van der Waals surface area (Å²) in [5, 5.41) is 1.00. The monoisotopic (exact) mass is 234 g/mol. The molecule has 3 nitrogen and oxygen atoms in total. The van der Waals surface area contributed by atoms with Crippen molar-refractivity contribution in [3.8, 4) is 0 Å². The maximum absolute atomic E-state index is 11.1. The molecule has 1 amide bonds. The summed E-state index contributed by atoms with van der Waals surface area (Å²) in [6.45, 7) is 4.56. The molecule has 1 fully saturated rings. The SMILES string of the molecule is CC(CBr)CN1CC(=O)N(C)C1. The van der Waals surface area contributed by atoms with Crippen LogP contribution in [0.15, 0.2) is 0 Å². The fraction of sp³-hybridized carbons (Fsp3) is 0.875. The van der Waals surface area contributed by atoms with Gasteiger partial charge in [-0.05, 0) is 5.92 Å². The van der Waals surface area contributed by atoms with Gasteiger partial charge in [0.25, 0.3) is 0 Å². The second-order valence-corrected chi connectivity index (χ2v) is 4.15. The minimum atomic E-state index is 0.233. The molecule has 0 spiro atoms. The van der Waals surface area contributed by atoms with Crippen LogP contribution in [0.25, 0.3) is 0 Å². The Bertz CT molecular complexity index is 174.